The summed E-state index contributed by atoms with van der Waals surface area (Å²) in [5.41, 5.74) is 4.88. The number of benzene rings is 4. The molecule has 0 saturated heterocycles. The Bertz CT molecular complexity index is 1570. The van der Waals surface area contributed by atoms with Gasteiger partial charge in [0, 0.05) is 23.5 Å². The lowest BCUT2D eigenvalue weighted by Gasteiger charge is -2.26. The summed E-state index contributed by atoms with van der Waals surface area (Å²) in [5.74, 6) is 1.89. The van der Waals surface area contributed by atoms with Crippen molar-refractivity contribution in [2.75, 3.05) is 27.6 Å². The molecule has 0 N–H and O–H groups in total. The summed E-state index contributed by atoms with van der Waals surface area (Å²) in [6.07, 6.45) is 0.890. The van der Waals surface area contributed by atoms with Gasteiger partial charge in [-0.1, -0.05) is 55.5 Å². The molecule has 0 fully saturated rings. The molecule has 2 aliphatic rings. The third-order valence-corrected chi connectivity index (χ3v) is 7.94. The van der Waals surface area contributed by atoms with Gasteiger partial charge in [0.1, 0.15) is 23.9 Å². The van der Waals surface area contributed by atoms with Gasteiger partial charge in [0.25, 0.3) is 0 Å². The summed E-state index contributed by atoms with van der Waals surface area (Å²) in [6, 6.07) is 27.8. The average molecular weight is 567 g/mol. The Morgan fingerprint density at radius 1 is 0.786 bits per heavy atom. The van der Waals surface area contributed by atoms with Gasteiger partial charge in [0.05, 0.1) is 26.7 Å². The molecule has 0 amide bonds. The predicted octanol–water partition coefficient (Wildman–Crippen LogP) is 6.86. The molecule has 216 valence electrons. The van der Waals surface area contributed by atoms with Crippen LogP contribution in [-0.4, -0.2) is 33.6 Å². The summed E-state index contributed by atoms with van der Waals surface area (Å²) in [5, 5.41) is 0. The number of carbonyl (C=O) groups excluding carboxylic acids is 1. The number of carbonyl (C=O) groups is 1. The van der Waals surface area contributed by atoms with E-state index in [1.54, 1.807) is 7.11 Å². The number of methoxy groups -OCH3 is 2. The highest BCUT2D eigenvalue weighted by atomic mass is 16.7. The molecule has 0 unspecified atom stereocenters. The first-order valence-corrected chi connectivity index (χ1v) is 14.2. The summed E-state index contributed by atoms with van der Waals surface area (Å²) in [6.45, 7) is 3.22. The highest BCUT2D eigenvalue weighted by Crippen LogP contribution is 2.56. The molecule has 1 aliphatic heterocycles. The Labute approximate surface area is 245 Å². The molecule has 0 aromatic heterocycles. The van der Waals surface area contributed by atoms with Crippen LogP contribution in [0.5, 0.6) is 28.7 Å². The van der Waals surface area contributed by atoms with Gasteiger partial charge in [-0.15, -0.1) is 0 Å². The summed E-state index contributed by atoms with van der Waals surface area (Å²) >= 11 is 0. The van der Waals surface area contributed by atoms with Crippen molar-refractivity contribution < 1.29 is 33.2 Å². The lowest BCUT2D eigenvalue weighted by Crippen LogP contribution is -2.26. The van der Waals surface area contributed by atoms with Crippen LogP contribution in [0.2, 0.25) is 0 Å². The van der Waals surface area contributed by atoms with Gasteiger partial charge in [-0.05, 0) is 59.0 Å². The smallest absolute Gasteiger partial charge is 0.310 e. The highest BCUT2D eigenvalue weighted by Gasteiger charge is 2.48. The molecule has 42 heavy (non-hydrogen) atoms. The lowest BCUT2D eigenvalue weighted by molar-refractivity contribution is -0.146. The zero-order valence-electron chi connectivity index (χ0n) is 24.0. The molecule has 7 heteroatoms. The topological polar surface area (TPSA) is 72.5 Å². The quantitative estimate of drug-likeness (QED) is 0.194. The van der Waals surface area contributed by atoms with E-state index in [4.69, 9.17) is 28.4 Å². The Hall–Kier alpha value is -4.65. The first-order valence-electron chi connectivity index (χ1n) is 14.2. The van der Waals surface area contributed by atoms with Gasteiger partial charge < -0.3 is 28.4 Å². The standard InChI is InChI=1S/C35H34O7/c1-4-16-39-25-12-13-26-28(18-25)33(27-14-11-24(37-2)19-30(27)40-20-22-8-6-5-7-9-22)34(35(36)38-3)32(26)23-10-15-29-31(17-23)42-21-41-29/h5-15,17-19,32-34H,4,16,20-21H2,1-3H3/t32-,33+,34-/m0/s1. The largest absolute Gasteiger partial charge is 0.497 e. The van der Waals surface area contributed by atoms with E-state index in [0.29, 0.717) is 36.2 Å². The van der Waals surface area contributed by atoms with Gasteiger partial charge in [0.2, 0.25) is 6.79 Å². The number of rotatable bonds is 10. The maximum absolute atomic E-state index is 13.8. The second kappa shape index (κ2) is 12.1. The fraction of sp³-hybridized carbons (Fsp3) is 0.286. The van der Waals surface area contributed by atoms with Crippen LogP contribution in [0, 0.1) is 5.92 Å². The number of esters is 1. The van der Waals surface area contributed by atoms with E-state index in [2.05, 4.69) is 19.1 Å². The van der Waals surface area contributed by atoms with Crippen molar-refractivity contribution in [1.82, 2.24) is 0 Å². The number of fused-ring (bicyclic) bond motifs is 2. The molecular weight excluding hydrogens is 532 g/mol. The van der Waals surface area contributed by atoms with Gasteiger partial charge in [-0.3, -0.25) is 4.79 Å². The van der Waals surface area contributed by atoms with E-state index in [-0.39, 0.29) is 24.6 Å². The van der Waals surface area contributed by atoms with Crippen LogP contribution in [0.15, 0.2) is 84.9 Å². The third kappa shape index (κ3) is 5.22. The monoisotopic (exact) mass is 566 g/mol. The van der Waals surface area contributed by atoms with Crippen molar-refractivity contribution in [2.45, 2.75) is 31.8 Å². The molecule has 1 aliphatic carbocycles. The summed E-state index contributed by atoms with van der Waals surface area (Å²) < 4.78 is 34.8. The fourth-order valence-electron chi connectivity index (χ4n) is 6.02. The highest BCUT2D eigenvalue weighted by molar-refractivity contribution is 5.80. The van der Waals surface area contributed by atoms with Crippen LogP contribution in [0.1, 0.15) is 53.0 Å². The lowest BCUT2D eigenvalue weighted by atomic mass is 9.79. The van der Waals surface area contributed by atoms with Crippen LogP contribution in [-0.2, 0) is 16.1 Å². The number of hydrogen-bond donors (Lipinski definition) is 0. The minimum atomic E-state index is -0.570. The van der Waals surface area contributed by atoms with Gasteiger partial charge in [-0.2, -0.15) is 0 Å². The zero-order chi connectivity index (χ0) is 29.1. The molecule has 4 aromatic rings. The normalized spacial score (nSPS) is 18.3. The van der Waals surface area contributed by atoms with Crippen molar-refractivity contribution in [3.05, 3.63) is 113 Å². The van der Waals surface area contributed by atoms with Gasteiger partial charge in [0.15, 0.2) is 11.5 Å². The summed E-state index contributed by atoms with van der Waals surface area (Å²) in [4.78, 5) is 13.8. The SMILES string of the molecule is CCCOc1ccc2c(c1)[C@@H](c1ccc(OC)cc1OCc1ccccc1)[C@@H](C(=O)OC)[C@H]2c1ccc2c(c1)OCO2. The molecule has 3 atom stereocenters. The molecule has 0 radical (unpaired) electrons. The molecule has 4 aromatic carbocycles. The van der Waals surface area contributed by atoms with E-state index in [1.165, 1.54) is 7.11 Å². The molecule has 0 spiro atoms. The first kappa shape index (κ1) is 27.5. The Morgan fingerprint density at radius 3 is 2.36 bits per heavy atom. The maximum Gasteiger partial charge on any atom is 0.310 e. The predicted molar refractivity (Wildman–Crippen MR) is 158 cm³/mol. The van der Waals surface area contributed by atoms with Crippen LogP contribution in [0.25, 0.3) is 0 Å². The first-order chi connectivity index (χ1) is 20.6. The van der Waals surface area contributed by atoms with Gasteiger partial charge >= 0.3 is 5.97 Å². The van der Waals surface area contributed by atoms with Crippen molar-refractivity contribution >= 4 is 5.97 Å². The van der Waals surface area contributed by atoms with E-state index < -0.39 is 5.92 Å². The molecule has 7 nitrogen and oxygen atoms in total. The summed E-state index contributed by atoms with van der Waals surface area (Å²) in [7, 11) is 3.07. The van der Waals surface area contributed by atoms with Gasteiger partial charge in [-0.25, -0.2) is 0 Å². The van der Waals surface area contributed by atoms with E-state index in [1.807, 2.05) is 72.8 Å². The Morgan fingerprint density at radius 2 is 1.57 bits per heavy atom. The number of ether oxygens (including phenoxy) is 6. The Balaban J connectivity index is 1.50. The average Bonchev–Trinajstić information content (AvgIpc) is 3.64. The maximum atomic E-state index is 13.8. The van der Waals surface area contributed by atoms with Crippen molar-refractivity contribution in [3.8, 4) is 28.7 Å². The van der Waals surface area contributed by atoms with Crippen LogP contribution >= 0.6 is 0 Å². The zero-order valence-corrected chi connectivity index (χ0v) is 24.0. The molecule has 1 heterocycles. The third-order valence-electron chi connectivity index (χ3n) is 7.94. The second-order valence-electron chi connectivity index (χ2n) is 10.4. The van der Waals surface area contributed by atoms with Crippen molar-refractivity contribution in [2.24, 2.45) is 5.92 Å². The van der Waals surface area contributed by atoms with Crippen molar-refractivity contribution in [3.63, 3.8) is 0 Å². The molecular formula is C35H34O7. The second-order valence-corrected chi connectivity index (χ2v) is 10.4. The van der Waals surface area contributed by atoms with E-state index in [9.17, 15) is 4.79 Å². The van der Waals surface area contributed by atoms with E-state index >= 15 is 0 Å². The molecule has 6 rings (SSSR count). The number of hydrogen-bond acceptors (Lipinski definition) is 7. The van der Waals surface area contributed by atoms with Crippen LogP contribution < -0.4 is 23.7 Å². The van der Waals surface area contributed by atoms with E-state index in [0.717, 1.165) is 40.0 Å². The minimum Gasteiger partial charge on any atom is -0.497 e. The molecule has 0 bridgehead atoms. The fourth-order valence-corrected chi connectivity index (χ4v) is 6.02. The van der Waals surface area contributed by atoms with Crippen LogP contribution in [0.3, 0.4) is 0 Å². The molecule has 0 saturated carbocycles. The van der Waals surface area contributed by atoms with Crippen molar-refractivity contribution in [1.29, 1.82) is 0 Å². The minimum absolute atomic E-state index is 0.176. The Kier molecular flexibility index (Phi) is 7.91. The van der Waals surface area contributed by atoms with Crippen LogP contribution in [0.4, 0.5) is 0 Å².